The molecule has 0 saturated carbocycles. The summed E-state index contributed by atoms with van der Waals surface area (Å²) in [5.41, 5.74) is -0.565. The molecular formula is C19H12F4O6. The van der Waals surface area contributed by atoms with Gasteiger partial charge in [-0.25, -0.2) is 23.2 Å². The van der Waals surface area contributed by atoms with Crippen molar-refractivity contribution in [2.24, 2.45) is 0 Å². The first-order valence-electron chi connectivity index (χ1n) is 8.16. The fourth-order valence-electron chi connectivity index (χ4n) is 2.55. The molecule has 0 amide bonds. The fourth-order valence-corrected chi connectivity index (χ4v) is 2.55. The van der Waals surface area contributed by atoms with Gasteiger partial charge in [0.1, 0.15) is 18.2 Å². The molecule has 0 aromatic heterocycles. The number of hydrogen-bond donors (Lipinski definition) is 0. The minimum atomic E-state index is -4.21. The minimum absolute atomic E-state index is 0.200. The summed E-state index contributed by atoms with van der Waals surface area (Å²) in [4.78, 5) is 35.4. The molecule has 1 aliphatic rings. The highest BCUT2D eigenvalue weighted by Crippen LogP contribution is 2.35. The molecule has 0 aliphatic carbocycles. The quantitative estimate of drug-likeness (QED) is 0.427. The molecule has 1 heterocycles. The Hall–Kier alpha value is -3.43. The van der Waals surface area contributed by atoms with E-state index in [-0.39, 0.29) is 11.1 Å². The van der Waals surface area contributed by atoms with E-state index in [1.807, 2.05) is 0 Å². The maximum Gasteiger partial charge on any atom is 0.382 e. The van der Waals surface area contributed by atoms with Crippen LogP contribution in [0.5, 0.6) is 0 Å². The van der Waals surface area contributed by atoms with Gasteiger partial charge < -0.3 is 14.2 Å². The minimum Gasteiger partial charge on any atom is -0.458 e. The second-order valence-corrected chi connectivity index (χ2v) is 6.01. The van der Waals surface area contributed by atoms with Crippen LogP contribution in [-0.2, 0) is 19.0 Å². The average molecular weight is 412 g/mol. The zero-order chi connectivity index (χ0) is 21.2. The predicted molar refractivity (Wildman–Crippen MR) is 87.1 cm³/mol. The van der Waals surface area contributed by atoms with Crippen molar-refractivity contribution in [3.63, 3.8) is 0 Å². The van der Waals surface area contributed by atoms with Gasteiger partial charge in [0.15, 0.2) is 6.10 Å². The first kappa shape index (κ1) is 20.3. The van der Waals surface area contributed by atoms with Gasteiger partial charge in [-0.2, -0.15) is 8.78 Å². The molecular weight excluding hydrogens is 400 g/mol. The number of benzene rings is 2. The van der Waals surface area contributed by atoms with Gasteiger partial charge in [-0.3, -0.25) is 0 Å². The van der Waals surface area contributed by atoms with Crippen molar-refractivity contribution in [1.82, 2.24) is 0 Å². The summed E-state index contributed by atoms with van der Waals surface area (Å²) in [6, 6.07) is 8.48. The SMILES string of the molecule is O=C(OC[C@H]1OC(=O)C(F)(F)[C@@H]1OC(=O)c1cccc(F)c1)c1cccc(F)c1. The lowest BCUT2D eigenvalue weighted by Gasteiger charge is -2.20. The third-order valence-electron chi connectivity index (χ3n) is 3.96. The number of carbonyl (C=O) groups is 3. The Morgan fingerprint density at radius 1 is 0.966 bits per heavy atom. The van der Waals surface area contributed by atoms with Crippen molar-refractivity contribution in [2.45, 2.75) is 18.1 Å². The second kappa shape index (κ2) is 7.90. The van der Waals surface area contributed by atoms with Crippen LogP contribution in [0.25, 0.3) is 0 Å². The number of halogens is 4. The summed E-state index contributed by atoms with van der Waals surface area (Å²) in [6.45, 7) is -0.877. The molecule has 10 heteroatoms. The van der Waals surface area contributed by atoms with E-state index < -0.39 is 54.3 Å². The Morgan fingerprint density at radius 3 is 2.07 bits per heavy atom. The predicted octanol–water partition coefficient (Wildman–Crippen LogP) is 2.91. The zero-order valence-electron chi connectivity index (χ0n) is 14.4. The van der Waals surface area contributed by atoms with E-state index in [4.69, 9.17) is 4.74 Å². The first-order valence-corrected chi connectivity index (χ1v) is 8.16. The second-order valence-electron chi connectivity index (χ2n) is 6.01. The van der Waals surface area contributed by atoms with E-state index in [9.17, 15) is 31.9 Å². The van der Waals surface area contributed by atoms with Crippen LogP contribution in [0, 0.1) is 11.6 Å². The molecule has 0 unspecified atom stereocenters. The lowest BCUT2D eigenvalue weighted by atomic mass is 10.1. The van der Waals surface area contributed by atoms with Gasteiger partial charge in [-0.1, -0.05) is 12.1 Å². The zero-order valence-corrected chi connectivity index (χ0v) is 14.4. The summed E-state index contributed by atoms with van der Waals surface area (Å²) in [5.74, 6) is -10.1. The van der Waals surface area contributed by atoms with Crippen molar-refractivity contribution in [2.75, 3.05) is 6.61 Å². The van der Waals surface area contributed by atoms with Crippen LogP contribution in [-0.4, -0.2) is 42.6 Å². The number of carbonyl (C=O) groups excluding carboxylic acids is 3. The lowest BCUT2D eigenvalue weighted by Crippen LogP contribution is -2.43. The summed E-state index contributed by atoms with van der Waals surface area (Å²) in [6.07, 6.45) is -4.22. The third kappa shape index (κ3) is 4.36. The van der Waals surface area contributed by atoms with Crippen LogP contribution in [0.4, 0.5) is 17.6 Å². The number of alkyl halides is 2. The molecule has 2 aromatic carbocycles. The lowest BCUT2D eigenvalue weighted by molar-refractivity contribution is -0.163. The number of hydrogen-bond acceptors (Lipinski definition) is 6. The smallest absolute Gasteiger partial charge is 0.382 e. The van der Waals surface area contributed by atoms with Crippen molar-refractivity contribution in [1.29, 1.82) is 0 Å². The van der Waals surface area contributed by atoms with Gasteiger partial charge in [-0.15, -0.1) is 0 Å². The molecule has 1 fully saturated rings. The van der Waals surface area contributed by atoms with E-state index in [0.717, 1.165) is 30.3 Å². The van der Waals surface area contributed by atoms with E-state index in [0.29, 0.717) is 0 Å². The van der Waals surface area contributed by atoms with E-state index in [1.165, 1.54) is 18.2 Å². The molecule has 2 atom stereocenters. The van der Waals surface area contributed by atoms with Crippen LogP contribution >= 0.6 is 0 Å². The summed E-state index contributed by atoms with van der Waals surface area (Å²) in [7, 11) is 0. The molecule has 0 bridgehead atoms. The Balaban J connectivity index is 1.72. The highest BCUT2D eigenvalue weighted by atomic mass is 19.3. The van der Waals surface area contributed by atoms with Gasteiger partial charge in [0.05, 0.1) is 11.1 Å². The molecule has 3 rings (SSSR count). The van der Waals surface area contributed by atoms with Crippen LogP contribution in [0.15, 0.2) is 48.5 Å². The van der Waals surface area contributed by atoms with Crippen LogP contribution in [0.3, 0.4) is 0 Å². The van der Waals surface area contributed by atoms with Gasteiger partial charge in [-0.05, 0) is 36.4 Å². The van der Waals surface area contributed by atoms with Crippen molar-refractivity contribution >= 4 is 17.9 Å². The maximum atomic E-state index is 14.1. The first-order chi connectivity index (χ1) is 13.7. The van der Waals surface area contributed by atoms with Gasteiger partial charge in [0.25, 0.3) is 0 Å². The van der Waals surface area contributed by atoms with E-state index in [1.54, 1.807) is 0 Å². The summed E-state index contributed by atoms with van der Waals surface area (Å²) < 4.78 is 68.5. The fraction of sp³-hybridized carbons (Fsp3) is 0.211. The average Bonchev–Trinajstić information content (AvgIpc) is 2.89. The third-order valence-corrected chi connectivity index (χ3v) is 3.96. The van der Waals surface area contributed by atoms with Crippen LogP contribution < -0.4 is 0 Å². The number of rotatable bonds is 5. The molecule has 6 nitrogen and oxygen atoms in total. The largest absolute Gasteiger partial charge is 0.458 e. The van der Waals surface area contributed by atoms with Gasteiger partial charge in [0, 0.05) is 0 Å². The van der Waals surface area contributed by atoms with E-state index in [2.05, 4.69) is 9.47 Å². The summed E-state index contributed by atoms with van der Waals surface area (Å²) in [5, 5.41) is 0. The monoisotopic (exact) mass is 412 g/mol. The highest BCUT2D eigenvalue weighted by molar-refractivity contribution is 5.91. The van der Waals surface area contributed by atoms with E-state index >= 15 is 0 Å². The highest BCUT2D eigenvalue weighted by Gasteiger charge is 2.63. The summed E-state index contributed by atoms with van der Waals surface area (Å²) >= 11 is 0. The Labute approximate surface area is 161 Å². The molecule has 0 spiro atoms. The van der Waals surface area contributed by atoms with Gasteiger partial charge >= 0.3 is 23.8 Å². The van der Waals surface area contributed by atoms with Crippen LogP contribution in [0.2, 0.25) is 0 Å². The van der Waals surface area contributed by atoms with Crippen LogP contribution in [0.1, 0.15) is 20.7 Å². The molecule has 2 aromatic rings. The van der Waals surface area contributed by atoms with Gasteiger partial charge in [0.2, 0.25) is 6.10 Å². The molecule has 1 saturated heterocycles. The standard InChI is InChI=1S/C19H12F4O6/c20-12-5-1-3-10(7-12)16(24)27-9-14-15(19(22,23)18(26)28-14)29-17(25)11-4-2-6-13(21)8-11/h1-8,14-15H,9H2/t14-,15-/m1/s1. The maximum absolute atomic E-state index is 14.1. The number of esters is 3. The topological polar surface area (TPSA) is 78.9 Å². The molecule has 1 aliphatic heterocycles. The molecule has 0 N–H and O–H groups in total. The molecule has 0 radical (unpaired) electrons. The Morgan fingerprint density at radius 2 is 1.52 bits per heavy atom. The molecule has 152 valence electrons. The number of ether oxygens (including phenoxy) is 3. The van der Waals surface area contributed by atoms with Crippen molar-refractivity contribution < 1.29 is 46.2 Å². The van der Waals surface area contributed by atoms with Crippen molar-refractivity contribution in [3.05, 3.63) is 71.3 Å². The Bertz CT molecular complexity index is 961. The normalized spacial score (nSPS) is 20.1. The molecule has 29 heavy (non-hydrogen) atoms. The Kier molecular flexibility index (Phi) is 5.53. The van der Waals surface area contributed by atoms with Crippen molar-refractivity contribution in [3.8, 4) is 0 Å². The number of cyclic esters (lactones) is 1.